The molecule has 2 heterocycles. The smallest absolute Gasteiger partial charge is 0.325 e. The van der Waals surface area contributed by atoms with Gasteiger partial charge in [0, 0.05) is 19.2 Å². The number of urea groups is 1. The summed E-state index contributed by atoms with van der Waals surface area (Å²) in [4.78, 5) is 39.8. The van der Waals surface area contributed by atoms with Gasteiger partial charge < -0.3 is 15.0 Å². The van der Waals surface area contributed by atoms with Gasteiger partial charge in [0.1, 0.15) is 12.1 Å². The molecule has 2 saturated heterocycles. The molecule has 0 spiro atoms. The lowest BCUT2D eigenvalue weighted by Crippen LogP contribution is -2.52. The lowest BCUT2D eigenvalue weighted by molar-refractivity contribution is -0.143. The van der Waals surface area contributed by atoms with E-state index >= 15 is 0 Å². The van der Waals surface area contributed by atoms with Crippen LogP contribution < -0.4 is 5.32 Å². The standard InChI is InChI=1S/C15H25N3O4/c1-10-6-5-7-11(2)18(10)12(19)8-17-13(20)15(3,9-22-4)16-14(17)21/h10-11H,5-9H2,1-4H3,(H,16,21)/t10-,11+,15-/m1/s1. The first-order valence-electron chi connectivity index (χ1n) is 7.74. The van der Waals surface area contributed by atoms with Crippen LogP contribution >= 0.6 is 0 Å². The third-order valence-electron chi connectivity index (χ3n) is 4.55. The van der Waals surface area contributed by atoms with Crippen LogP contribution in [0.4, 0.5) is 4.79 Å². The van der Waals surface area contributed by atoms with Crippen molar-refractivity contribution < 1.29 is 19.1 Å². The topological polar surface area (TPSA) is 79.0 Å². The van der Waals surface area contributed by atoms with Crippen LogP contribution in [0.25, 0.3) is 0 Å². The first-order chi connectivity index (χ1) is 10.3. The Morgan fingerprint density at radius 2 is 1.91 bits per heavy atom. The second kappa shape index (κ2) is 6.24. The van der Waals surface area contributed by atoms with Crippen molar-refractivity contribution in [2.75, 3.05) is 20.3 Å². The summed E-state index contributed by atoms with van der Waals surface area (Å²) in [7, 11) is 1.47. The molecule has 3 atom stereocenters. The highest BCUT2D eigenvalue weighted by molar-refractivity contribution is 6.08. The fourth-order valence-corrected chi connectivity index (χ4v) is 3.41. The largest absolute Gasteiger partial charge is 0.382 e. The maximum Gasteiger partial charge on any atom is 0.325 e. The van der Waals surface area contributed by atoms with Crippen LogP contribution in [0.5, 0.6) is 0 Å². The number of hydrogen-bond acceptors (Lipinski definition) is 4. The molecule has 2 aliphatic heterocycles. The molecule has 2 fully saturated rings. The van der Waals surface area contributed by atoms with Crippen LogP contribution in [-0.4, -0.2) is 65.5 Å². The van der Waals surface area contributed by atoms with Crippen LogP contribution in [0.2, 0.25) is 0 Å². The second-order valence-electron chi connectivity index (χ2n) is 6.52. The first-order valence-corrected chi connectivity index (χ1v) is 7.74. The molecular weight excluding hydrogens is 286 g/mol. The molecule has 0 aromatic carbocycles. The quantitative estimate of drug-likeness (QED) is 0.777. The maximum atomic E-state index is 12.6. The van der Waals surface area contributed by atoms with Crippen molar-refractivity contribution in [3.05, 3.63) is 0 Å². The molecule has 4 amide bonds. The monoisotopic (exact) mass is 311 g/mol. The highest BCUT2D eigenvalue weighted by atomic mass is 16.5. The third kappa shape index (κ3) is 2.95. The van der Waals surface area contributed by atoms with Gasteiger partial charge in [-0.15, -0.1) is 0 Å². The molecule has 124 valence electrons. The molecule has 22 heavy (non-hydrogen) atoms. The Balaban J connectivity index is 2.08. The van der Waals surface area contributed by atoms with E-state index in [-0.39, 0.29) is 31.1 Å². The van der Waals surface area contributed by atoms with Crippen molar-refractivity contribution in [3.63, 3.8) is 0 Å². The van der Waals surface area contributed by atoms with Gasteiger partial charge in [0.05, 0.1) is 6.61 Å². The number of nitrogens with one attached hydrogen (secondary N) is 1. The molecule has 0 aliphatic carbocycles. The summed E-state index contributed by atoms with van der Waals surface area (Å²) in [5, 5.41) is 2.60. The van der Waals surface area contributed by atoms with E-state index in [2.05, 4.69) is 5.32 Å². The van der Waals surface area contributed by atoms with E-state index in [1.807, 2.05) is 13.8 Å². The average molecular weight is 311 g/mol. The number of methoxy groups -OCH3 is 1. The van der Waals surface area contributed by atoms with E-state index in [0.717, 1.165) is 24.2 Å². The van der Waals surface area contributed by atoms with Crippen LogP contribution in [0, 0.1) is 0 Å². The lowest BCUT2D eigenvalue weighted by Gasteiger charge is -2.39. The highest BCUT2D eigenvalue weighted by Crippen LogP contribution is 2.24. The SMILES string of the molecule is COC[C@@]1(C)NC(=O)N(CC(=O)N2[C@H](C)CCC[C@@H]2C)C1=O. The van der Waals surface area contributed by atoms with Gasteiger partial charge in [-0.25, -0.2) is 4.79 Å². The molecule has 2 aliphatic rings. The summed E-state index contributed by atoms with van der Waals surface area (Å²) in [6, 6.07) is -0.250. The highest BCUT2D eigenvalue weighted by Gasteiger charge is 2.49. The van der Waals surface area contributed by atoms with Gasteiger partial charge in [-0.3, -0.25) is 14.5 Å². The van der Waals surface area contributed by atoms with Gasteiger partial charge >= 0.3 is 6.03 Å². The average Bonchev–Trinajstić information content (AvgIpc) is 2.62. The van der Waals surface area contributed by atoms with Gasteiger partial charge in [0.25, 0.3) is 5.91 Å². The predicted octanol–water partition coefficient (Wildman–Crippen LogP) is 0.733. The van der Waals surface area contributed by atoms with Gasteiger partial charge in [-0.2, -0.15) is 0 Å². The van der Waals surface area contributed by atoms with Crippen molar-refractivity contribution in [2.24, 2.45) is 0 Å². The predicted molar refractivity (Wildman–Crippen MR) is 80.1 cm³/mol. The summed E-state index contributed by atoms with van der Waals surface area (Å²) < 4.78 is 4.99. The van der Waals surface area contributed by atoms with Crippen LogP contribution in [-0.2, 0) is 14.3 Å². The van der Waals surface area contributed by atoms with E-state index in [0.29, 0.717) is 0 Å². The van der Waals surface area contributed by atoms with Gasteiger partial charge in [-0.05, 0) is 40.0 Å². The fourth-order valence-electron chi connectivity index (χ4n) is 3.41. The molecule has 0 aromatic heterocycles. The van der Waals surface area contributed by atoms with Crippen LogP contribution in [0.15, 0.2) is 0 Å². The number of likely N-dealkylation sites (tertiary alicyclic amines) is 1. The fraction of sp³-hybridized carbons (Fsp3) is 0.800. The van der Waals surface area contributed by atoms with Crippen molar-refractivity contribution in [1.29, 1.82) is 0 Å². The van der Waals surface area contributed by atoms with E-state index in [9.17, 15) is 14.4 Å². The Kier molecular flexibility index (Phi) is 4.75. The Morgan fingerprint density at radius 3 is 2.45 bits per heavy atom. The van der Waals surface area contributed by atoms with Crippen molar-refractivity contribution >= 4 is 17.8 Å². The zero-order valence-electron chi connectivity index (χ0n) is 13.7. The van der Waals surface area contributed by atoms with Gasteiger partial charge in [-0.1, -0.05) is 0 Å². The molecular formula is C15H25N3O4. The maximum absolute atomic E-state index is 12.6. The summed E-state index contributed by atoms with van der Waals surface area (Å²) in [5.74, 6) is -0.588. The van der Waals surface area contributed by atoms with E-state index in [4.69, 9.17) is 4.74 Å². The molecule has 0 radical (unpaired) electrons. The molecule has 7 heteroatoms. The number of carbonyl (C=O) groups is 3. The minimum absolute atomic E-state index is 0.0821. The van der Waals surface area contributed by atoms with Crippen LogP contribution in [0.1, 0.15) is 40.0 Å². The summed E-state index contributed by atoms with van der Waals surface area (Å²) in [6.45, 7) is 5.49. The number of carbonyl (C=O) groups excluding carboxylic acids is 3. The number of amides is 4. The van der Waals surface area contributed by atoms with Crippen molar-refractivity contribution in [2.45, 2.75) is 57.7 Å². The summed E-state index contributed by atoms with van der Waals surface area (Å²) >= 11 is 0. The molecule has 0 unspecified atom stereocenters. The van der Waals surface area contributed by atoms with E-state index in [1.54, 1.807) is 11.8 Å². The minimum Gasteiger partial charge on any atom is -0.382 e. The van der Waals surface area contributed by atoms with E-state index < -0.39 is 17.5 Å². The number of piperidine rings is 1. The Morgan fingerprint density at radius 1 is 1.32 bits per heavy atom. The zero-order chi connectivity index (χ0) is 16.5. The molecule has 7 nitrogen and oxygen atoms in total. The second-order valence-corrected chi connectivity index (χ2v) is 6.52. The number of imide groups is 1. The van der Waals surface area contributed by atoms with Crippen LogP contribution in [0.3, 0.4) is 0 Å². The molecule has 0 bridgehead atoms. The summed E-state index contributed by atoms with van der Waals surface area (Å²) in [6.07, 6.45) is 3.01. The Labute approximate surface area is 131 Å². The Bertz CT molecular complexity index is 471. The van der Waals surface area contributed by atoms with Crippen molar-refractivity contribution in [3.8, 4) is 0 Å². The van der Waals surface area contributed by atoms with Crippen molar-refractivity contribution in [1.82, 2.24) is 15.1 Å². The third-order valence-corrected chi connectivity index (χ3v) is 4.55. The zero-order valence-corrected chi connectivity index (χ0v) is 13.7. The molecule has 0 aromatic rings. The molecule has 2 rings (SSSR count). The lowest BCUT2D eigenvalue weighted by atomic mass is 9.97. The van der Waals surface area contributed by atoms with E-state index in [1.165, 1.54) is 7.11 Å². The normalized spacial score (nSPS) is 32.4. The number of rotatable bonds is 4. The number of nitrogens with zero attached hydrogens (tertiary/aromatic N) is 2. The molecule has 1 N–H and O–H groups in total. The van der Waals surface area contributed by atoms with Gasteiger partial charge in [0.15, 0.2) is 0 Å². The Hall–Kier alpha value is -1.63. The number of ether oxygens (including phenoxy) is 1. The summed E-state index contributed by atoms with van der Waals surface area (Å²) in [5.41, 5.74) is -1.09. The van der Waals surface area contributed by atoms with Gasteiger partial charge in [0.2, 0.25) is 5.91 Å². The molecule has 0 saturated carbocycles. The number of hydrogen-bond donors (Lipinski definition) is 1. The first kappa shape index (κ1) is 16.7. The minimum atomic E-state index is -1.09.